The van der Waals surface area contributed by atoms with Crippen LogP contribution in [0.25, 0.3) is 0 Å². The van der Waals surface area contributed by atoms with E-state index in [0.29, 0.717) is 11.1 Å². The standard InChI is InChI=1S/C15H10N2O2/c18-13-9-5-1-2-6-10(9)15(19)17-12-8-4-3-7-11(12)16-14(13)17/h1-8,14,16H. The molecule has 1 amide bonds. The molecule has 2 aliphatic rings. The van der Waals surface area contributed by atoms with Gasteiger partial charge in [0, 0.05) is 5.56 Å². The number of carbonyl (C=O) groups is 2. The van der Waals surface area contributed by atoms with Crippen molar-refractivity contribution < 1.29 is 9.59 Å². The maximum absolute atomic E-state index is 12.5. The highest BCUT2D eigenvalue weighted by molar-refractivity contribution is 6.25. The molecular weight excluding hydrogens is 240 g/mol. The molecule has 2 aromatic rings. The molecule has 19 heavy (non-hydrogen) atoms. The first-order valence-corrected chi connectivity index (χ1v) is 6.10. The number of carbonyl (C=O) groups excluding carboxylic acids is 2. The summed E-state index contributed by atoms with van der Waals surface area (Å²) >= 11 is 0. The largest absolute Gasteiger partial charge is 0.357 e. The monoisotopic (exact) mass is 250 g/mol. The van der Waals surface area contributed by atoms with Crippen molar-refractivity contribution in [3.63, 3.8) is 0 Å². The second-order valence-electron chi connectivity index (χ2n) is 4.65. The van der Waals surface area contributed by atoms with Crippen LogP contribution in [0.2, 0.25) is 0 Å². The molecule has 0 spiro atoms. The lowest BCUT2D eigenvalue weighted by atomic mass is 9.96. The van der Waals surface area contributed by atoms with Gasteiger partial charge in [0.1, 0.15) is 0 Å². The van der Waals surface area contributed by atoms with Crippen LogP contribution < -0.4 is 10.2 Å². The van der Waals surface area contributed by atoms with Gasteiger partial charge in [-0.05, 0) is 18.2 Å². The molecule has 0 saturated heterocycles. The highest BCUT2D eigenvalue weighted by atomic mass is 16.2. The van der Waals surface area contributed by atoms with Crippen molar-refractivity contribution in [3.05, 3.63) is 59.7 Å². The second-order valence-corrected chi connectivity index (χ2v) is 4.65. The van der Waals surface area contributed by atoms with Gasteiger partial charge >= 0.3 is 0 Å². The fraction of sp³-hybridized carbons (Fsp3) is 0.0667. The molecule has 2 aliphatic heterocycles. The summed E-state index contributed by atoms with van der Waals surface area (Å²) in [6, 6.07) is 14.4. The number of hydrogen-bond donors (Lipinski definition) is 1. The molecule has 0 aliphatic carbocycles. The fourth-order valence-corrected chi connectivity index (χ4v) is 2.73. The second kappa shape index (κ2) is 3.45. The van der Waals surface area contributed by atoms with E-state index in [9.17, 15) is 9.59 Å². The predicted octanol–water partition coefficient (Wildman–Crippen LogP) is 2.28. The van der Waals surface area contributed by atoms with Crippen LogP contribution in [0.4, 0.5) is 11.4 Å². The Morgan fingerprint density at radius 1 is 0.895 bits per heavy atom. The zero-order chi connectivity index (χ0) is 13.0. The van der Waals surface area contributed by atoms with E-state index >= 15 is 0 Å². The average molecular weight is 250 g/mol. The Morgan fingerprint density at radius 2 is 1.58 bits per heavy atom. The number of fused-ring (bicyclic) bond motifs is 4. The zero-order valence-corrected chi connectivity index (χ0v) is 9.96. The SMILES string of the molecule is O=C1c2ccccc2C(=O)N2c3ccccc3NC12. The number of para-hydroxylation sites is 2. The van der Waals surface area contributed by atoms with Crippen LogP contribution in [0.5, 0.6) is 0 Å². The van der Waals surface area contributed by atoms with Crippen molar-refractivity contribution in [2.45, 2.75) is 6.17 Å². The van der Waals surface area contributed by atoms with E-state index in [1.54, 1.807) is 29.2 Å². The van der Waals surface area contributed by atoms with Gasteiger partial charge in [-0.15, -0.1) is 0 Å². The average Bonchev–Trinajstić information content (AvgIpc) is 2.84. The number of nitrogens with one attached hydrogen (secondary N) is 1. The lowest BCUT2D eigenvalue weighted by molar-refractivity contribution is 0.0884. The first-order chi connectivity index (χ1) is 9.27. The fourth-order valence-electron chi connectivity index (χ4n) is 2.73. The van der Waals surface area contributed by atoms with Crippen LogP contribution in [-0.2, 0) is 0 Å². The van der Waals surface area contributed by atoms with E-state index in [-0.39, 0.29) is 11.7 Å². The number of anilines is 2. The number of benzene rings is 2. The molecule has 4 rings (SSSR count). The molecule has 1 unspecified atom stereocenters. The molecule has 0 aromatic heterocycles. The number of amides is 1. The van der Waals surface area contributed by atoms with Gasteiger partial charge in [0.2, 0.25) is 5.78 Å². The van der Waals surface area contributed by atoms with Gasteiger partial charge < -0.3 is 5.32 Å². The lowest BCUT2D eigenvalue weighted by Gasteiger charge is -2.29. The molecule has 0 saturated carbocycles. The van der Waals surface area contributed by atoms with Crippen molar-refractivity contribution in [2.75, 3.05) is 10.2 Å². The number of Topliss-reactive ketones (excluding diaryl/α,β-unsaturated/α-hetero) is 1. The normalized spacial score (nSPS) is 19.6. The molecule has 0 bridgehead atoms. The maximum atomic E-state index is 12.5. The molecule has 2 heterocycles. The number of nitrogens with zero attached hydrogens (tertiary/aromatic N) is 1. The van der Waals surface area contributed by atoms with Crippen molar-refractivity contribution >= 4 is 23.1 Å². The van der Waals surface area contributed by atoms with Crippen molar-refractivity contribution in [3.8, 4) is 0 Å². The number of ketones is 1. The predicted molar refractivity (Wildman–Crippen MR) is 71.4 cm³/mol. The third kappa shape index (κ3) is 1.23. The summed E-state index contributed by atoms with van der Waals surface area (Å²) < 4.78 is 0. The van der Waals surface area contributed by atoms with Gasteiger partial charge in [0.25, 0.3) is 5.91 Å². The van der Waals surface area contributed by atoms with Crippen molar-refractivity contribution in [1.82, 2.24) is 0 Å². The summed E-state index contributed by atoms with van der Waals surface area (Å²) in [5, 5.41) is 3.11. The van der Waals surface area contributed by atoms with Crippen LogP contribution >= 0.6 is 0 Å². The molecule has 4 heteroatoms. The van der Waals surface area contributed by atoms with E-state index in [0.717, 1.165) is 11.4 Å². The Bertz CT molecular complexity index is 724. The van der Waals surface area contributed by atoms with Gasteiger partial charge in [-0.3, -0.25) is 14.5 Å². The van der Waals surface area contributed by atoms with Crippen LogP contribution in [-0.4, -0.2) is 17.9 Å². The molecule has 0 fully saturated rings. The molecule has 4 nitrogen and oxygen atoms in total. The minimum atomic E-state index is -0.611. The molecule has 1 atom stereocenters. The Balaban J connectivity index is 1.95. The molecule has 2 aromatic carbocycles. The Hall–Kier alpha value is -2.62. The van der Waals surface area contributed by atoms with Crippen molar-refractivity contribution in [1.29, 1.82) is 0 Å². The minimum absolute atomic E-state index is 0.0635. The summed E-state index contributed by atoms with van der Waals surface area (Å²) in [7, 11) is 0. The summed E-state index contributed by atoms with van der Waals surface area (Å²) in [6.45, 7) is 0. The Kier molecular flexibility index (Phi) is 1.87. The van der Waals surface area contributed by atoms with Gasteiger partial charge in [0.15, 0.2) is 6.17 Å². The summed E-state index contributed by atoms with van der Waals surface area (Å²) in [4.78, 5) is 26.5. The van der Waals surface area contributed by atoms with E-state index in [1.807, 2.05) is 24.3 Å². The molecule has 1 N–H and O–H groups in total. The number of hydrogen-bond acceptors (Lipinski definition) is 3. The van der Waals surface area contributed by atoms with Gasteiger partial charge in [-0.25, -0.2) is 0 Å². The van der Waals surface area contributed by atoms with Crippen molar-refractivity contribution in [2.24, 2.45) is 0 Å². The van der Waals surface area contributed by atoms with Gasteiger partial charge in [-0.1, -0.05) is 30.3 Å². The zero-order valence-electron chi connectivity index (χ0n) is 9.96. The summed E-state index contributed by atoms with van der Waals surface area (Å²) in [5.41, 5.74) is 2.55. The van der Waals surface area contributed by atoms with E-state index in [1.165, 1.54) is 0 Å². The lowest BCUT2D eigenvalue weighted by Crippen LogP contribution is -2.50. The van der Waals surface area contributed by atoms with Crippen LogP contribution in [0.15, 0.2) is 48.5 Å². The first-order valence-electron chi connectivity index (χ1n) is 6.10. The first kappa shape index (κ1) is 10.3. The quantitative estimate of drug-likeness (QED) is 0.780. The van der Waals surface area contributed by atoms with Gasteiger partial charge in [-0.2, -0.15) is 0 Å². The molecular formula is C15H10N2O2. The van der Waals surface area contributed by atoms with Gasteiger partial charge in [0.05, 0.1) is 16.9 Å². The smallest absolute Gasteiger partial charge is 0.261 e. The minimum Gasteiger partial charge on any atom is -0.357 e. The highest BCUT2D eigenvalue weighted by Crippen LogP contribution is 2.39. The topological polar surface area (TPSA) is 49.4 Å². The third-order valence-corrected chi connectivity index (χ3v) is 3.60. The Morgan fingerprint density at radius 3 is 2.42 bits per heavy atom. The van der Waals surface area contributed by atoms with Crippen LogP contribution in [0.1, 0.15) is 20.7 Å². The Labute approximate surface area is 109 Å². The third-order valence-electron chi connectivity index (χ3n) is 3.60. The van der Waals surface area contributed by atoms with E-state index in [4.69, 9.17) is 0 Å². The van der Waals surface area contributed by atoms with Crippen LogP contribution in [0.3, 0.4) is 0 Å². The molecule has 92 valence electrons. The highest BCUT2D eigenvalue weighted by Gasteiger charge is 2.43. The van der Waals surface area contributed by atoms with E-state index in [2.05, 4.69) is 5.32 Å². The maximum Gasteiger partial charge on any atom is 0.261 e. The number of rotatable bonds is 0. The van der Waals surface area contributed by atoms with Crippen LogP contribution in [0, 0.1) is 0 Å². The summed E-state index contributed by atoms with van der Waals surface area (Å²) in [5.74, 6) is -0.191. The van der Waals surface area contributed by atoms with E-state index < -0.39 is 6.17 Å². The molecule has 0 radical (unpaired) electrons. The summed E-state index contributed by atoms with van der Waals surface area (Å²) in [6.07, 6.45) is -0.611.